The molecule has 0 fully saturated rings. The number of pyridine rings is 1. The van der Waals surface area contributed by atoms with Crippen molar-refractivity contribution in [1.29, 1.82) is 10.5 Å². The van der Waals surface area contributed by atoms with Gasteiger partial charge in [-0.05, 0) is 30.4 Å². The summed E-state index contributed by atoms with van der Waals surface area (Å²) in [6.45, 7) is 3.95. The largest absolute Gasteiger partial charge is 0.245 e. The van der Waals surface area contributed by atoms with E-state index in [-0.39, 0.29) is 0 Å². The van der Waals surface area contributed by atoms with Crippen LogP contribution in [0.15, 0.2) is 59.0 Å². The Morgan fingerprint density at radius 3 is 2.69 bits per heavy atom. The lowest BCUT2D eigenvalue weighted by Gasteiger charge is -2.07. The molecule has 0 radical (unpaired) electrons. The van der Waals surface area contributed by atoms with E-state index in [1.807, 2.05) is 67.8 Å². The van der Waals surface area contributed by atoms with E-state index in [0.29, 0.717) is 16.1 Å². The second kappa shape index (κ2) is 9.84. The van der Waals surface area contributed by atoms with Gasteiger partial charge in [-0.3, -0.25) is 0 Å². The number of thiazole rings is 1. The Kier molecular flexibility index (Phi) is 6.97. The number of aromatic nitrogens is 2. The molecule has 6 heteroatoms. The summed E-state index contributed by atoms with van der Waals surface area (Å²) in [6, 6.07) is 16.2. The average Bonchev–Trinajstić information content (AvgIpc) is 3.22. The summed E-state index contributed by atoms with van der Waals surface area (Å²) in [7, 11) is 0. The molecule has 3 aromatic rings. The zero-order valence-electron chi connectivity index (χ0n) is 16.1. The van der Waals surface area contributed by atoms with Crippen molar-refractivity contribution < 1.29 is 0 Å². The lowest BCUT2D eigenvalue weighted by molar-refractivity contribution is 1.05. The minimum absolute atomic E-state index is 0.498. The van der Waals surface area contributed by atoms with E-state index in [9.17, 15) is 10.5 Å². The summed E-state index contributed by atoms with van der Waals surface area (Å²) in [5.74, 6) is 0.855. The molecule has 142 valence electrons. The van der Waals surface area contributed by atoms with Crippen LogP contribution in [0.4, 0.5) is 0 Å². The van der Waals surface area contributed by atoms with E-state index in [1.165, 1.54) is 11.3 Å². The van der Waals surface area contributed by atoms with Crippen molar-refractivity contribution in [3.63, 3.8) is 0 Å². The molecule has 0 N–H and O–H groups in total. The van der Waals surface area contributed by atoms with Gasteiger partial charge in [0.15, 0.2) is 0 Å². The first-order valence-electron chi connectivity index (χ1n) is 9.00. The molecule has 0 saturated heterocycles. The molecule has 0 aliphatic rings. The summed E-state index contributed by atoms with van der Waals surface area (Å²) in [5, 5.41) is 22.3. The summed E-state index contributed by atoms with van der Waals surface area (Å²) in [4.78, 5) is 9.21. The zero-order chi connectivity index (χ0) is 20.6. The highest BCUT2D eigenvalue weighted by molar-refractivity contribution is 7.99. The minimum Gasteiger partial charge on any atom is -0.245 e. The number of nitrogens with zero attached hydrogens (tertiary/aromatic N) is 4. The third-order valence-corrected chi connectivity index (χ3v) is 5.81. The third kappa shape index (κ3) is 5.00. The number of hydrogen-bond acceptors (Lipinski definition) is 6. The standard InChI is InChI=1S/C23H18N4S2/c1-3-28-23-19(14-25)12-20(16(2)26-23)21-15-29-22(27-21)18(13-24)11-7-10-17-8-5-4-6-9-17/h4-12,15H,3H2,1-2H3. The second-order valence-electron chi connectivity index (χ2n) is 6.02. The van der Waals surface area contributed by atoms with E-state index in [0.717, 1.165) is 33.3 Å². The highest BCUT2D eigenvalue weighted by Crippen LogP contribution is 2.31. The number of allylic oxidation sites excluding steroid dienone is 3. The quantitative estimate of drug-likeness (QED) is 0.276. The van der Waals surface area contributed by atoms with Crippen LogP contribution in [-0.2, 0) is 0 Å². The summed E-state index contributed by atoms with van der Waals surface area (Å²) < 4.78 is 0. The van der Waals surface area contributed by atoms with Crippen molar-refractivity contribution in [3.8, 4) is 23.4 Å². The molecule has 0 aliphatic carbocycles. The van der Waals surface area contributed by atoms with Crippen molar-refractivity contribution in [1.82, 2.24) is 9.97 Å². The predicted octanol–water partition coefficient (Wildman–Crippen LogP) is 6.12. The first kappa shape index (κ1) is 20.5. The lowest BCUT2D eigenvalue weighted by atomic mass is 10.1. The second-order valence-corrected chi connectivity index (χ2v) is 8.13. The fourth-order valence-corrected chi connectivity index (χ4v) is 4.20. The maximum atomic E-state index is 9.55. The molecule has 0 bridgehead atoms. The van der Waals surface area contributed by atoms with Gasteiger partial charge in [-0.25, -0.2) is 9.97 Å². The van der Waals surface area contributed by atoms with Gasteiger partial charge in [0, 0.05) is 16.6 Å². The molecule has 0 atom stereocenters. The maximum absolute atomic E-state index is 9.55. The molecule has 0 saturated carbocycles. The van der Waals surface area contributed by atoms with E-state index in [1.54, 1.807) is 17.8 Å². The van der Waals surface area contributed by atoms with Gasteiger partial charge in [-0.15, -0.1) is 23.1 Å². The van der Waals surface area contributed by atoms with Crippen LogP contribution in [0.2, 0.25) is 0 Å². The Morgan fingerprint density at radius 2 is 2.00 bits per heavy atom. The molecule has 0 amide bonds. The van der Waals surface area contributed by atoms with Crippen LogP contribution in [0.1, 0.15) is 28.8 Å². The fourth-order valence-electron chi connectivity index (χ4n) is 2.67. The van der Waals surface area contributed by atoms with Gasteiger partial charge in [0.25, 0.3) is 0 Å². The number of benzene rings is 1. The lowest BCUT2D eigenvalue weighted by Crippen LogP contribution is -1.95. The van der Waals surface area contributed by atoms with E-state index < -0.39 is 0 Å². The van der Waals surface area contributed by atoms with Crippen LogP contribution in [-0.4, -0.2) is 15.7 Å². The molecule has 1 aromatic carbocycles. The molecular weight excluding hydrogens is 396 g/mol. The molecule has 29 heavy (non-hydrogen) atoms. The van der Waals surface area contributed by atoms with Crippen LogP contribution >= 0.6 is 23.1 Å². The Bertz CT molecular complexity index is 1150. The van der Waals surface area contributed by atoms with Gasteiger partial charge in [0.2, 0.25) is 0 Å². The molecule has 4 nitrogen and oxygen atoms in total. The van der Waals surface area contributed by atoms with Crippen LogP contribution in [0.5, 0.6) is 0 Å². The molecule has 0 spiro atoms. The molecule has 0 unspecified atom stereocenters. The van der Waals surface area contributed by atoms with Gasteiger partial charge in [-0.2, -0.15) is 10.5 Å². The summed E-state index contributed by atoms with van der Waals surface area (Å²) in [5.41, 5.74) is 4.49. The number of aryl methyl sites for hydroxylation is 1. The average molecular weight is 415 g/mol. The molecule has 2 heterocycles. The van der Waals surface area contributed by atoms with E-state index >= 15 is 0 Å². The van der Waals surface area contributed by atoms with Crippen LogP contribution in [0.3, 0.4) is 0 Å². The molecule has 2 aromatic heterocycles. The van der Waals surface area contributed by atoms with Crippen molar-refractivity contribution in [3.05, 3.63) is 75.8 Å². The van der Waals surface area contributed by atoms with Gasteiger partial charge in [-0.1, -0.05) is 49.4 Å². The highest BCUT2D eigenvalue weighted by Gasteiger charge is 2.14. The minimum atomic E-state index is 0.498. The molecule has 0 aliphatic heterocycles. The SMILES string of the molecule is CCSc1nc(C)c(-c2csc(C(C#N)=CC=Cc3ccccc3)n2)cc1C#N. The van der Waals surface area contributed by atoms with Gasteiger partial charge in [0.05, 0.1) is 16.8 Å². The number of thioether (sulfide) groups is 1. The van der Waals surface area contributed by atoms with Crippen LogP contribution in [0.25, 0.3) is 22.9 Å². The van der Waals surface area contributed by atoms with Crippen molar-refractivity contribution >= 4 is 34.7 Å². The number of nitriles is 2. The highest BCUT2D eigenvalue weighted by atomic mass is 32.2. The normalized spacial score (nSPS) is 11.4. The Morgan fingerprint density at radius 1 is 1.21 bits per heavy atom. The number of rotatable bonds is 6. The summed E-state index contributed by atoms with van der Waals surface area (Å²) in [6.07, 6.45) is 5.57. The van der Waals surface area contributed by atoms with Crippen molar-refractivity contribution in [2.24, 2.45) is 0 Å². The Labute approximate surface area is 178 Å². The Hall–Kier alpha value is -3.19. The van der Waals surface area contributed by atoms with Gasteiger partial charge >= 0.3 is 0 Å². The van der Waals surface area contributed by atoms with Gasteiger partial charge in [0.1, 0.15) is 22.2 Å². The van der Waals surface area contributed by atoms with Gasteiger partial charge < -0.3 is 0 Å². The van der Waals surface area contributed by atoms with Crippen molar-refractivity contribution in [2.45, 2.75) is 18.9 Å². The zero-order valence-corrected chi connectivity index (χ0v) is 17.7. The van der Waals surface area contributed by atoms with Crippen LogP contribution in [0, 0.1) is 29.6 Å². The predicted molar refractivity (Wildman–Crippen MR) is 120 cm³/mol. The maximum Gasteiger partial charge on any atom is 0.134 e. The first-order chi connectivity index (χ1) is 14.2. The number of hydrogen-bond donors (Lipinski definition) is 0. The smallest absolute Gasteiger partial charge is 0.134 e. The monoisotopic (exact) mass is 414 g/mol. The fraction of sp³-hybridized carbons (Fsp3) is 0.130. The van der Waals surface area contributed by atoms with Crippen molar-refractivity contribution in [2.75, 3.05) is 5.75 Å². The Balaban J connectivity index is 1.90. The summed E-state index contributed by atoms with van der Waals surface area (Å²) >= 11 is 2.96. The topological polar surface area (TPSA) is 73.4 Å². The third-order valence-electron chi connectivity index (χ3n) is 4.06. The van der Waals surface area contributed by atoms with Crippen LogP contribution < -0.4 is 0 Å². The first-order valence-corrected chi connectivity index (χ1v) is 10.9. The van der Waals surface area contributed by atoms with E-state index in [2.05, 4.69) is 22.1 Å². The van der Waals surface area contributed by atoms with E-state index in [4.69, 9.17) is 0 Å². The molecular formula is C23H18N4S2. The molecule has 3 rings (SSSR count).